The van der Waals surface area contributed by atoms with Gasteiger partial charge < -0.3 is 15.5 Å². The van der Waals surface area contributed by atoms with E-state index in [1.165, 1.54) is 11.3 Å². The zero-order valence-electron chi connectivity index (χ0n) is 12.2. The lowest BCUT2D eigenvalue weighted by atomic mass is 10.1. The number of Topliss-reactive ketones (excluding diaryl/α,β-unsaturated/α-hetero) is 1. The van der Waals surface area contributed by atoms with Crippen LogP contribution in [-0.2, 0) is 9.59 Å². The molecule has 1 rings (SSSR count). The molecular weight excluding hydrogens is 294 g/mol. The number of aryl methyl sites for hydroxylation is 2. The molecule has 1 aromatic heterocycles. The van der Waals surface area contributed by atoms with E-state index in [4.69, 9.17) is 5.11 Å². The van der Waals surface area contributed by atoms with Gasteiger partial charge in [-0.1, -0.05) is 0 Å². The van der Waals surface area contributed by atoms with Crippen LogP contribution in [0.2, 0.25) is 0 Å². The number of carbonyl (C=O) groups is 3. The van der Waals surface area contributed by atoms with Gasteiger partial charge in [0.1, 0.15) is 0 Å². The fourth-order valence-electron chi connectivity index (χ4n) is 1.70. The molecule has 0 fully saturated rings. The molecule has 1 amide bonds. The third-order valence-electron chi connectivity index (χ3n) is 3.01. The summed E-state index contributed by atoms with van der Waals surface area (Å²) < 4.78 is 0. The van der Waals surface area contributed by atoms with Gasteiger partial charge in [-0.15, -0.1) is 11.3 Å². The number of carboxylic acid groups (broad SMARTS) is 1. The number of ketones is 1. The van der Waals surface area contributed by atoms with Crippen molar-refractivity contribution in [2.75, 3.05) is 6.54 Å². The molecule has 0 spiro atoms. The van der Waals surface area contributed by atoms with Gasteiger partial charge in [-0.2, -0.15) is 0 Å². The second kappa shape index (κ2) is 6.82. The number of aliphatic hydroxyl groups is 1. The van der Waals surface area contributed by atoms with E-state index in [9.17, 15) is 19.5 Å². The Morgan fingerprint density at radius 2 is 1.90 bits per heavy atom. The van der Waals surface area contributed by atoms with E-state index in [1.54, 1.807) is 6.07 Å². The molecular formula is C14H19NO5S. The van der Waals surface area contributed by atoms with Crippen LogP contribution >= 0.6 is 11.3 Å². The highest BCUT2D eigenvalue weighted by Crippen LogP contribution is 2.22. The Morgan fingerprint density at radius 1 is 1.29 bits per heavy atom. The summed E-state index contributed by atoms with van der Waals surface area (Å²) in [5.74, 6) is -1.99. The van der Waals surface area contributed by atoms with Crippen molar-refractivity contribution in [2.24, 2.45) is 0 Å². The Labute approximate surface area is 126 Å². The van der Waals surface area contributed by atoms with Gasteiger partial charge >= 0.3 is 5.97 Å². The van der Waals surface area contributed by atoms with Crippen LogP contribution in [0, 0.1) is 13.8 Å². The summed E-state index contributed by atoms with van der Waals surface area (Å²) in [6.45, 7) is 4.47. The molecule has 0 saturated heterocycles. The van der Waals surface area contributed by atoms with E-state index >= 15 is 0 Å². The standard InChI is InChI=1S/C14H19NO5S/c1-8-6-10(9(2)21-8)11(16)4-5-12(17)15-7-14(3,20)13(18)19/h6,20H,4-5,7H2,1-3H3,(H,15,17)(H,18,19). The Kier molecular flexibility index (Phi) is 5.62. The fraction of sp³-hybridized carbons (Fsp3) is 0.500. The van der Waals surface area contributed by atoms with E-state index < -0.39 is 24.0 Å². The van der Waals surface area contributed by atoms with Crippen LogP contribution in [0.5, 0.6) is 0 Å². The Hall–Kier alpha value is -1.73. The number of hydrogen-bond donors (Lipinski definition) is 3. The number of carboxylic acids is 1. The first-order valence-corrected chi connectivity index (χ1v) is 7.28. The van der Waals surface area contributed by atoms with Gasteiger partial charge in [-0.3, -0.25) is 9.59 Å². The number of nitrogens with one attached hydrogen (secondary N) is 1. The molecule has 0 aliphatic carbocycles. The maximum absolute atomic E-state index is 12.0. The second-order valence-corrected chi connectivity index (χ2v) is 6.57. The van der Waals surface area contributed by atoms with Crippen LogP contribution in [-0.4, -0.2) is 40.0 Å². The monoisotopic (exact) mass is 313 g/mol. The summed E-state index contributed by atoms with van der Waals surface area (Å²) in [5.41, 5.74) is -1.39. The average Bonchev–Trinajstić information content (AvgIpc) is 2.72. The summed E-state index contributed by atoms with van der Waals surface area (Å²) in [5, 5.41) is 20.5. The van der Waals surface area contributed by atoms with Crippen molar-refractivity contribution < 1.29 is 24.6 Å². The Balaban J connectivity index is 2.45. The lowest BCUT2D eigenvalue weighted by molar-refractivity contribution is -0.156. The van der Waals surface area contributed by atoms with Gasteiger partial charge in [0.25, 0.3) is 0 Å². The number of rotatable bonds is 7. The van der Waals surface area contributed by atoms with Crippen LogP contribution in [0.25, 0.3) is 0 Å². The largest absolute Gasteiger partial charge is 0.479 e. The van der Waals surface area contributed by atoms with Crippen molar-refractivity contribution in [3.63, 3.8) is 0 Å². The third kappa shape index (κ3) is 4.95. The van der Waals surface area contributed by atoms with E-state index in [0.29, 0.717) is 5.56 Å². The van der Waals surface area contributed by atoms with Crippen LogP contribution in [0.4, 0.5) is 0 Å². The van der Waals surface area contributed by atoms with Crippen LogP contribution in [0.3, 0.4) is 0 Å². The number of thiophene rings is 1. The van der Waals surface area contributed by atoms with Crippen LogP contribution in [0.15, 0.2) is 6.07 Å². The molecule has 1 heterocycles. The first-order chi connectivity index (χ1) is 9.63. The topological polar surface area (TPSA) is 104 Å². The highest BCUT2D eigenvalue weighted by Gasteiger charge is 2.30. The molecule has 0 radical (unpaired) electrons. The number of hydrogen-bond acceptors (Lipinski definition) is 5. The molecule has 6 nitrogen and oxygen atoms in total. The molecule has 116 valence electrons. The zero-order chi connectivity index (χ0) is 16.2. The minimum absolute atomic E-state index is 0.0388. The minimum Gasteiger partial charge on any atom is -0.479 e. The number of carbonyl (C=O) groups excluding carboxylic acids is 2. The molecule has 21 heavy (non-hydrogen) atoms. The molecule has 1 atom stereocenters. The highest BCUT2D eigenvalue weighted by molar-refractivity contribution is 7.12. The van der Waals surface area contributed by atoms with Gasteiger partial charge in [0, 0.05) is 28.2 Å². The molecule has 0 aliphatic rings. The number of amides is 1. The molecule has 1 unspecified atom stereocenters. The van der Waals surface area contributed by atoms with Crippen LogP contribution < -0.4 is 5.32 Å². The van der Waals surface area contributed by atoms with E-state index in [-0.39, 0.29) is 18.6 Å². The summed E-state index contributed by atoms with van der Waals surface area (Å²) in [6, 6.07) is 1.80. The molecule has 3 N–H and O–H groups in total. The predicted octanol–water partition coefficient (Wildman–Crippen LogP) is 1.28. The molecule has 7 heteroatoms. The smallest absolute Gasteiger partial charge is 0.337 e. The maximum atomic E-state index is 12.0. The van der Waals surface area contributed by atoms with E-state index in [1.807, 2.05) is 13.8 Å². The highest BCUT2D eigenvalue weighted by atomic mass is 32.1. The average molecular weight is 313 g/mol. The van der Waals surface area contributed by atoms with Gasteiger partial charge in [0.2, 0.25) is 5.91 Å². The minimum atomic E-state index is -2.01. The fourth-order valence-corrected chi connectivity index (χ4v) is 2.65. The van der Waals surface area contributed by atoms with Crippen molar-refractivity contribution in [3.8, 4) is 0 Å². The zero-order valence-corrected chi connectivity index (χ0v) is 13.0. The first-order valence-electron chi connectivity index (χ1n) is 6.46. The van der Waals surface area contributed by atoms with E-state index in [2.05, 4.69) is 5.32 Å². The SMILES string of the molecule is Cc1cc(C(=O)CCC(=O)NCC(C)(O)C(=O)O)c(C)s1. The molecule has 0 bridgehead atoms. The Bertz CT molecular complexity index is 562. The maximum Gasteiger partial charge on any atom is 0.337 e. The quantitative estimate of drug-likeness (QED) is 0.658. The van der Waals surface area contributed by atoms with E-state index in [0.717, 1.165) is 16.7 Å². The molecule has 0 saturated carbocycles. The third-order valence-corrected chi connectivity index (χ3v) is 3.98. The lowest BCUT2D eigenvalue weighted by Crippen LogP contribution is -2.46. The Morgan fingerprint density at radius 3 is 2.38 bits per heavy atom. The predicted molar refractivity (Wildman–Crippen MR) is 78.6 cm³/mol. The second-order valence-electron chi connectivity index (χ2n) is 5.11. The molecule has 0 aliphatic heterocycles. The summed E-state index contributed by atoms with van der Waals surface area (Å²) in [6.07, 6.45) is 0.0148. The molecule has 1 aromatic rings. The summed E-state index contributed by atoms with van der Waals surface area (Å²) >= 11 is 1.53. The van der Waals surface area contributed by atoms with Gasteiger partial charge in [0.15, 0.2) is 11.4 Å². The lowest BCUT2D eigenvalue weighted by Gasteiger charge is -2.18. The van der Waals surface area contributed by atoms with Crippen molar-refractivity contribution in [2.45, 2.75) is 39.2 Å². The van der Waals surface area contributed by atoms with Crippen molar-refractivity contribution >= 4 is 29.0 Å². The van der Waals surface area contributed by atoms with Gasteiger partial charge in [-0.25, -0.2) is 4.79 Å². The van der Waals surface area contributed by atoms with Crippen molar-refractivity contribution in [1.82, 2.24) is 5.32 Å². The molecule has 0 aromatic carbocycles. The normalized spacial score (nSPS) is 13.5. The van der Waals surface area contributed by atoms with Crippen molar-refractivity contribution in [1.29, 1.82) is 0 Å². The summed E-state index contributed by atoms with van der Waals surface area (Å²) in [4.78, 5) is 36.2. The van der Waals surface area contributed by atoms with Gasteiger partial charge in [-0.05, 0) is 26.8 Å². The number of aliphatic carboxylic acids is 1. The van der Waals surface area contributed by atoms with Crippen molar-refractivity contribution in [3.05, 3.63) is 21.4 Å². The van der Waals surface area contributed by atoms with Crippen LogP contribution in [0.1, 0.15) is 39.9 Å². The first kappa shape index (κ1) is 17.3. The van der Waals surface area contributed by atoms with Gasteiger partial charge in [0.05, 0.1) is 6.54 Å². The summed E-state index contributed by atoms with van der Waals surface area (Å²) in [7, 11) is 0.